The van der Waals surface area contributed by atoms with Crippen molar-refractivity contribution in [2.45, 2.75) is 25.3 Å². The van der Waals surface area contributed by atoms with E-state index in [0.717, 1.165) is 25.8 Å². The van der Waals surface area contributed by atoms with Crippen molar-refractivity contribution in [1.82, 2.24) is 5.32 Å². The van der Waals surface area contributed by atoms with Gasteiger partial charge < -0.3 is 20.1 Å². The summed E-state index contributed by atoms with van der Waals surface area (Å²) in [5.74, 6) is 0.969. The van der Waals surface area contributed by atoms with Crippen molar-refractivity contribution in [3.05, 3.63) is 17.2 Å². The molecule has 6 heteroatoms. The van der Waals surface area contributed by atoms with Gasteiger partial charge in [-0.1, -0.05) is 18.0 Å². The molecule has 0 spiro atoms. The summed E-state index contributed by atoms with van der Waals surface area (Å²) in [6.45, 7) is 0.874. The van der Waals surface area contributed by atoms with Gasteiger partial charge in [-0.15, -0.1) is 0 Å². The molecule has 0 saturated carbocycles. The molecule has 1 aromatic carbocycles. The number of amides is 1. The van der Waals surface area contributed by atoms with E-state index in [1.54, 1.807) is 12.1 Å². The molecule has 1 unspecified atom stereocenters. The normalized spacial score (nSPS) is 18.4. The molecule has 5 nitrogen and oxygen atoms in total. The number of hydrogen-bond donors (Lipinski definition) is 2. The van der Waals surface area contributed by atoms with E-state index in [9.17, 15) is 4.79 Å². The van der Waals surface area contributed by atoms with Crippen LogP contribution in [0.4, 0.5) is 5.69 Å². The number of methoxy groups -OCH3 is 2. The van der Waals surface area contributed by atoms with Gasteiger partial charge in [0.05, 0.1) is 31.0 Å². The van der Waals surface area contributed by atoms with Crippen molar-refractivity contribution in [1.29, 1.82) is 0 Å². The highest BCUT2D eigenvalue weighted by Gasteiger charge is 2.22. The van der Waals surface area contributed by atoms with E-state index < -0.39 is 0 Å². The zero-order valence-corrected chi connectivity index (χ0v) is 12.4. The maximum atomic E-state index is 12.2. The van der Waals surface area contributed by atoms with Gasteiger partial charge in [-0.25, -0.2) is 0 Å². The predicted octanol–water partition coefficient (Wildman–Crippen LogP) is 2.44. The smallest absolute Gasteiger partial charge is 0.241 e. The van der Waals surface area contributed by atoms with Gasteiger partial charge in [-0.3, -0.25) is 4.79 Å². The lowest BCUT2D eigenvalue weighted by atomic mass is 10.0. The Morgan fingerprint density at radius 1 is 1.30 bits per heavy atom. The molecule has 1 aliphatic rings. The maximum absolute atomic E-state index is 12.2. The van der Waals surface area contributed by atoms with Gasteiger partial charge in [0.1, 0.15) is 11.5 Å². The van der Waals surface area contributed by atoms with E-state index in [4.69, 9.17) is 21.1 Å². The molecule has 2 rings (SSSR count). The summed E-state index contributed by atoms with van der Waals surface area (Å²) >= 11 is 6.08. The van der Waals surface area contributed by atoms with Crippen LogP contribution in [0.2, 0.25) is 5.02 Å². The molecule has 0 aliphatic carbocycles. The number of ether oxygens (including phenoxy) is 2. The Hall–Kier alpha value is -1.46. The number of piperidine rings is 1. The van der Waals surface area contributed by atoms with Crippen LogP contribution in [0.15, 0.2) is 12.1 Å². The van der Waals surface area contributed by atoms with Gasteiger partial charge in [0.15, 0.2) is 0 Å². The molecule has 0 aromatic heterocycles. The quantitative estimate of drug-likeness (QED) is 0.896. The summed E-state index contributed by atoms with van der Waals surface area (Å²) in [5, 5.41) is 6.49. The number of nitrogens with one attached hydrogen (secondary N) is 2. The molecule has 1 heterocycles. The minimum atomic E-state index is -0.158. The van der Waals surface area contributed by atoms with Gasteiger partial charge in [-0.05, 0) is 25.5 Å². The van der Waals surface area contributed by atoms with Crippen molar-refractivity contribution in [2.75, 3.05) is 26.1 Å². The Kier molecular flexibility index (Phi) is 5.09. The maximum Gasteiger partial charge on any atom is 0.241 e. The van der Waals surface area contributed by atoms with E-state index in [0.29, 0.717) is 22.2 Å². The highest BCUT2D eigenvalue weighted by molar-refractivity contribution is 6.32. The second kappa shape index (κ2) is 6.81. The van der Waals surface area contributed by atoms with Gasteiger partial charge in [-0.2, -0.15) is 0 Å². The van der Waals surface area contributed by atoms with Crippen molar-refractivity contribution >= 4 is 23.2 Å². The third-order valence-electron chi connectivity index (χ3n) is 3.36. The number of carbonyl (C=O) groups excluding carboxylic acids is 1. The van der Waals surface area contributed by atoms with Gasteiger partial charge in [0.2, 0.25) is 5.91 Å². The minimum Gasteiger partial charge on any atom is -0.495 e. The Balaban J connectivity index is 2.15. The summed E-state index contributed by atoms with van der Waals surface area (Å²) in [6.07, 6.45) is 3.02. The number of benzene rings is 1. The molecule has 0 bridgehead atoms. The van der Waals surface area contributed by atoms with Crippen LogP contribution in [0.3, 0.4) is 0 Å². The SMILES string of the molecule is COc1cc(OC)c(NC(=O)C2CCCCN2)cc1Cl. The fraction of sp³-hybridized carbons (Fsp3) is 0.500. The van der Waals surface area contributed by atoms with Crippen LogP contribution < -0.4 is 20.1 Å². The minimum absolute atomic E-state index is 0.0655. The summed E-state index contributed by atoms with van der Waals surface area (Å²) in [7, 11) is 3.07. The molecule has 0 radical (unpaired) electrons. The average Bonchev–Trinajstić information content (AvgIpc) is 2.48. The van der Waals surface area contributed by atoms with E-state index in [1.165, 1.54) is 14.2 Å². The molecule has 1 atom stereocenters. The first-order chi connectivity index (χ1) is 9.65. The average molecular weight is 299 g/mol. The van der Waals surface area contributed by atoms with Gasteiger partial charge in [0.25, 0.3) is 0 Å². The van der Waals surface area contributed by atoms with Crippen LogP contribution in [0.1, 0.15) is 19.3 Å². The first-order valence-electron chi connectivity index (χ1n) is 6.61. The van der Waals surface area contributed by atoms with E-state index in [-0.39, 0.29) is 11.9 Å². The molecule has 1 saturated heterocycles. The lowest BCUT2D eigenvalue weighted by Crippen LogP contribution is -2.43. The molecule has 1 aromatic rings. The Labute approximate surface area is 123 Å². The van der Waals surface area contributed by atoms with E-state index in [1.807, 2.05) is 0 Å². The molecule has 20 heavy (non-hydrogen) atoms. The standard InChI is InChI=1S/C14H19ClN2O3/c1-19-12-8-13(20-2)11(7-9(12)15)17-14(18)10-5-3-4-6-16-10/h7-8,10,16H,3-6H2,1-2H3,(H,17,18). The number of anilines is 1. The molecule has 110 valence electrons. The Bertz CT molecular complexity index is 488. The van der Waals surface area contributed by atoms with Crippen molar-refractivity contribution < 1.29 is 14.3 Å². The molecular formula is C14H19ClN2O3. The van der Waals surface area contributed by atoms with E-state index in [2.05, 4.69) is 10.6 Å². The molecular weight excluding hydrogens is 280 g/mol. The summed E-state index contributed by atoms with van der Waals surface area (Å²) in [6, 6.07) is 3.14. The number of hydrogen-bond acceptors (Lipinski definition) is 4. The zero-order chi connectivity index (χ0) is 14.5. The highest BCUT2D eigenvalue weighted by atomic mass is 35.5. The largest absolute Gasteiger partial charge is 0.495 e. The number of rotatable bonds is 4. The fourth-order valence-electron chi connectivity index (χ4n) is 2.25. The van der Waals surface area contributed by atoms with Crippen LogP contribution in [0.25, 0.3) is 0 Å². The van der Waals surface area contributed by atoms with E-state index >= 15 is 0 Å². The molecule has 1 aliphatic heterocycles. The van der Waals surface area contributed by atoms with Crippen LogP contribution in [-0.2, 0) is 4.79 Å². The lowest BCUT2D eigenvalue weighted by molar-refractivity contribution is -0.118. The van der Waals surface area contributed by atoms with Crippen LogP contribution in [0.5, 0.6) is 11.5 Å². The first kappa shape index (κ1) is 14.9. The Morgan fingerprint density at radius 3 is 2.65 bits per heavy atom. The van der Waals surface area contributed by atoms with Crippen molar-refractivity contribution in [3.8, 4) is 11.5 Å². The molecule has 2 N–H and O–H groups in total. The topological polar surface area (TPSA) is 59.6 Å². The predicted molar refractivity (Wildman–Crippen MR) is 78.8 cm³/mol. The van der Waals surface area contributed by atoms with Crippen molar-refractivity contribution in [2.24, 2.45) is 0 Å². The van der Waals surface area contributed by atoms with Crippen LogP contribution >= 0.6 is 11.6 Å². The third-order valence-corrected chi connectivity index (χ3v) is 3.65. The highest BCUT2D eigenvalue weighted by Crippen LogP contribution is 2.36. The van der Waals surface area contributed by atoms with Gasteiger partial charge in [0, 0.05) is 6.07 Å². The molecule has 1 amide bonds. The van der Waals surface area contributed by atoms with Crippen LogP contribution in [0, 0.1) is 0 Å². The second-order valence-corrected chi connectivity index (χ2v) is 5.09. The summed E-state index contributed by atoms with van der Waals surface area (Å²) in [5.41, 5.74) is 0.552. The van der Waals surface area contributed by atoms with Gasteiger partial charge >= 0.3 is 0 Å². The Morgan fingerprint density at radius 2 is 2.05 bits per heavy atom. The molecule has 1 fully saturated rings. The lowest BCUT2D eigenvalue weighted by Gasteiger charge is -2.23. The number of halogens is 1. The fourth-order valence-corrected chi connectivity index (χ4v) is 2.49. The zero-order valence-electron chi connectivity index (χ0n) is 11.7. The number of carbonyl (C=O) groups is 1. The van der Waals surface area contributed by atoms with Crippen LogP contribution in [-0.4, -0.2) is 32.7 Å². The summed E-state index contributed by atoms with van der Waals surface area (Å²) < 4.78 is 10.4. The monoisotopic (exact) mass is 298 g/mol. The van der Waals surface area contributed by atoms with Crippen molar-refractivity contribution in [3.63, 3.8) is 0 Å². The first-order valence-corrected chi connectivity index (χ1v) is 6.99. The second-order valence-electron chi connectivity index (χ2n) is 4.68. The third kappa shape index (κ3) is 3.35. The summed E-state index contributed by atoms with van der Waals surface area (Å²) in [4.78, 5) is 12.2.